The molecule has 0 saturated heterocycles. The minimum atomic E-state index is 0.260. The van der Waals surface area contributed by atoms with E-state index in [4.69, 9.17) is 10.7 Å². The first-order valence-corrected chi connectivity index (χ1v) is 6.96. The van der Waals surface area contributed by atoms with Crippen LogP contribution in [0.5, 0.6) is 0 Å². The highest BCUT2D eigenvalue weighted by Crippen LogP contribution is 2.38. The Hall–Kier alpha value is -1.39. The number of benzene rings is 1. The molecule has 1 fully saturated rings. The first-order valence-electron chi connectivity index (χ1n) is 6.96. The zero-order chi connectivity index (χ0) is 13.6. The second kappa shape index (κ2) is 4.62. The van der Waals surface area contributed by atoms with Gasteiger partial charge in [-0.15, -0.1) is 0 Å². The second-order valence-corrected chi connectivity index (χ2v) is 5.72. The van der Waals surface area contributed by atoms with Gasteiger partial charge in [0.25, 0.3) is 0 Å². The highest BCUT2D eigenvalue weighted by molar-refractivity contribution is 5.77. The van der Waals surface area contributed by atoms with Gasteiger partial charge >= 0.3 is 0 Å². The number of rotatable bonds is 4. The first-order chi connectivity index (χ1) is 9.11. The first kappa shape index (κ1) is 12.6. The molecular formula is C15H22N4. The molecule has 1 aliphatic rings. The molecule has 1 aromatic heterocycles. The summed E-state index contributed by atoms with van der Waals surface area (Å²) < 4.78 is 2.38. The summed E-state index contributed by atoms with van der Waals surface area (Å²) in [5.41, 5.74) is 9.49. The summed E-state index contributed by atoms with van der Waals surface area (Å²) in [7, 11) is 4.13. The lowest BCUT2D eigenvalue weighted by Crippen LogP contribution is -2.27. The van der Waals surface area contributed by atoms with Gasteiger partial charge in [0.15, 0.2) is 0 Å². The highest BCUT2D eigenvalue weighted by atomic mass is 15.1. The molecule has 2 N–H and O–H groups in total. The Kier molecular flexibility index (Phi) is 3.07. The number of nitrogens with two attached hydrogens (primary N) is 1. The normalized spacial score (nSPS) is 17.3. The van der Waals surface area contributed by atoms with Gasteiger partial charge in [0.05, 0.1) is 11.0 Å². The van der Waals surface area contributed by atoms with E-state index < -0.39 is 0 Å². The Morgan fingerprint density at radius 3 is 2.74 bits per heavy atom. The zero-order valence-electron chi connectivity index (χ0n) is 11.9. The molecule has 0 amide bonds. The average molecular weight is 258 g/mol. The number of hydrogen-bond donors (Lipinski definition) is 1. The maximum Gasteiger partial charge on any atom is 0.106 e. The third-order valence-corrected chi connectivity index (χ3v) is 4.03. The quantitative estimate of drug-likeness (QED) is 0.915. The number of fused-ring (bicyclic) bond motifs is 1. The van der Waals surface area contributed by atoms with Crippen LogP contribution in [0.15, 0.2) is 18.2 Å². The summed E-state index contributed by atoms with van der Waals surface area (Å²) >= 11 is 0. The monoisotopic (exact) mass is 258 g/mol. The number of imidazole rings is 1. The van der Waals surface area contributed by atoms with E-state index >= 15 is 0 Å². The van der Waals surface area contributed by atoms with Gasteiger partial charge in [-0.05, 0) is 51.6 Å². The minimum absolute atomic E-state index is 0.260. The van der Waals surface area contributed by atoms with Gasteiger partial charge in [-0.2, -0.15) is 0 Å². The Labute approximate surface area is 114 Å². The molecule has 3 rings (SSSR count). The van der Waals surface area contributed by atoms with Crippen LogP contribution >= 0.6 is 0 Å². The molecule has 1 aromatic carbocycles. The molecule has 1 unspecified atom stereocenters. The number of hydrogen-bond acceptors (Lipinski definition) is 3. The van der Waals surface area contributed by atoms with Crippen molar-refractivity contribution in [3.8, 4) is 0 Å². The molecular weight excluding hydrogens is 236 g/mol. The Morgan fingerprint density at radius 2 is 2.16 bits per heavy atom. The van der Waals surface area contributed by atoms with E-state index in [0.29, 0.717) is 12.6 Å². The molecule has 0 spiro atoms. The molecule has 4 heteroatoms. The van der Waals surface area contributed by atoms with Crippen molar-refractivity contribution in [1.82, 2.24) is 14.5 Å². The van der Waals surface area contributed by atoms with Crippen LogP contribution in [0.1, 0.15) is 36.3 Å². The molecule has 102 valence electrons. The summed E-state index contributed by atoms with van der Waals surface area (Å²) in [6, 6.07) is 7.53. The largest absolute Gasteiger partial charge is 0.329 e. The topological polar surface area (TPSA) is 47.1 Å². The fraction of sp³-hybridized carbons (Fsp3) is 0.533. The van der Waals surface area contributed by atoms with E-state index in [1.54, 1.807) is 0 Å². The van der Waals surface area contributed by atoms with Crippen molar-refractivity contribution in [2.24, 2.45) is 5.73 Å². The molecule has 0 aliphatic heterocycles. The van der Waals surface area contributed by atoms with Gasteiger partial charge in [0.2, 0.25) is 0 Å². The number of aryl methyl sites for hydroxylation is 1. The molecule has 1 atom stereocenters. The molecule has 1 saturated carbocycles. The minimum Gasteiger partial charge on any atom is -0.329 e. The summed E-state index contributed by atoms with van der Waals surface area (Å²) in [6.07, 6.45) is 2.58. The average Bonchev–Trinajstić information content (AvgIpc) is 3.12. The highest BCUT2D eigenvalue weighted by Gasteiger charge is 2.27. The summed E-state index contributed by atoms with van der Waals surface area (Å²) in [4.78, 5) is 6.87. The number of likely N-dealkylation sites (N-methyl/N-ethyl adjacent to an activating group) is 1. The molecule has 19 heavy (non-hydrogen) atoms. The fourth-order valence-electron chi connectivity index (χ4n) is 2.88. The lowest BCUT2D eigenvalue weighted by molar-refractivity contribution is 0.306. The van der Waals surface area contributed by atoms with Crippen molar-refractivity contribution in [3.63, 3.8) is 0 Å². The van der Waals surface area contributed by atoms with E-state index in [2.05, 4.69) is 48.7 Å². The maximum atomic E-state index is 5.88. The maximum absolute atomic E-state index is 5.88. The van der Waals surface area contributed by atoms with Gasteiger partial charge in [0.1, 0.15) is 5.82 Å². The van der Waals surface area contributed by atoms with E-state index in [1.807, 2.05) is 0 Å². The molecule has 0 bridgehead atoms. The summed E-state index contributed by atoms with van der Waals surface area (Å²) in [6.45, 7) is 2.73. The van der Waals surface area contributed by atoms with Crippen molar-refractivity contribution in [2.45, 2.75) is 31.8 Å². The molecule has 1 aliphatic carbocycles. The van der Waals surface area contributed by atoms with E-state index in [9.17, 15) is 0 Å². The van der Waals surface area contributed by atoms with Crippen molar-refractivity contribution in [3.05, 3.63) is 29.6 Å². The van der Waals surface area contributed by atoms with E-state index in [1.165, 1.54) is 23.9 Å². The third-order valence-electron chi connectivity index (χ3n) is 4.03. The predicted octanol–water partition coefficient (Wildman–Crippen LogP) is 2.24. The Balaban J connectivity index is 2.06. The summed E-state index contributed by atoms with van der Waals surface area (Å²) in [5, 5.41) is 0. The van der Waals surface area contributed by atoms with Crippen LogP contribution in [0.2, 0.25) is 0 Å². The van der Waals surface area contributed by atoms with E-state index in [-0.39, 0.29) is 6.04 Å². The van der Waals surface area contributed by atoms with Crippen LogP contribution in [0, 0.1) is 6.92 Å². The van der Waals surface area contributed by atoms with Gasteiger partial charge in [-0.1, -0.05) is 6.07 Å². The van der Waals surface area contributed by atoms with Crippen LogP contribution in [0.4, 0.5) is 0 Å². The SMILES string of the molecule is Cc1nc2cc(C(CN)N(C)C)ccc2n1C1CC1. The van der Waals surface area contributed by atoms with Gasteiger partial charge in [0, 0.05) is 18.6 Å². The molecule has 4 nitrogen and oxygen atoms in total. The van der Waals surface area contributed by atoms with Crippen LogP contribution in [0.25, 0.3) is 11.0 Å². The van der Waals surface area contributed by atoms with Crippen LogP contribution in [-0.2, 0) is 0 Å². The number of nitrogens with zero attached hydrogens (tertiary/aromatic N) is 3. The Bertz CT molecular complexity index is 595. The third kappa shape index (κ3) is 2.15. The van der Waals surface area contributed by atoms with Crippen LogP contribution in [-0.4, -0.2) is 35.1 Å². The van der Waals surface area contributed by atoms with Crippen LogP contribution in [0.3, 0.4) is 0 Å². The van der Waals surface area contributed by atoms with Crippen molar-refractivity contribution in [1.29, 1.82) is 0 Å². The fourth-order valence-corrected chi connectivity index (χ4v) is 2.88. The Morgan fingerprint density at radius 1 is 1.42 bits per heavy atom. The standard InChI is InChI=1S/C15H22N4/c1-10-17-13-8-11(15(9-16)18(2)3)4-7-14(13)19(10)12-5-6-12/h4,7-8,12,15H,5-6,9,16H2,1-3H3. The van der Waals surface area contributed by atoms with E-state index in [0.717, 1.165) is 11.3 Å². The predicted molar refractivity (Wildman–Crippen MR) is 78.2 cm³/mol. The van der Waals surface area contributed by atoms with Gasteiger partial charge < -0.3 is 15.2 Å². The van der Waals surface area contributed by atoms with Gasteiger partial charge in [-0.3, -0.25) is 0 Å². The lowest BCUT2D eigenvalue weighted by atomic mass is 10.1. The van der Waals surface area contributed by atoms with Crippen molar-refractivity contribution < 1.29 is 0 Å². The molecule has 1 heterocycles. The zero-order valence-corrected chi connectivity index (χ0v) is 11.9. The molecule has 2 aromatic rings. The van der Waals surface area contributed by atoms with Crippen LogP contribution < -0.4 is 5.73 Å². The smallest absolute Gasteiger partial charge is 0.106 e. The van der Waals surface area contributed by atoms with Crippen molar-refractivity contribution >= 4 is 11.0 Å². The second-order valence-electron chi connectivity index (χ2n) is 5.72. The van der Waals surface area contributed by atoms with Gasteiger partial charge in [-0.25, -0.2) is 4.98 Å². The summed E-state index contributed by atoms with van der Waals surface area (Å²) in [5.74, 6) is 1.13. The number of aromatic nitrogens is 2. The molecule has 0 radical (unpaired) electrons. The van der Waals surface area contributed by atoms with Crippen molar-refractivity contribution in [2.75, 3.05) is 20.6 Å². The lowest BCUT2D eigenvalue weighted by Gasteiger charge is -2.23.